The molecular weight excluding hydrogens is 310 g/mol. The van der Waals surface area contributed by atoms with Gasteiger partial charge in [-0.05, 0) is 42.8 Å². The number of benzene rings is 1. The van der Waals surface area contributed by atoms with Crippen LogP contribution in [-0.4, -0.2) is 29.7 Å². The molecule has 0 aliphatic heterocycles. The van der Waals surface area contributed by atoms with Crippen molar-refractivity contribution in [1.29, 1.82) is 0 Å². The Morgan fingerprint density at radius 2 is 2.08 bits per heavy atom. The zero-order valence-electron chi connectivity index (χ0n) is 13.3. The Labute approximate surface area is 139 Å². The van der Waals surface area contributed by atoms with Crippen molar-refractivity contribution in [2.75, 3.05) is 7.11 Å². The number of hydrogen-bond acceptors (Lipinski definition) is 6. The van der Waals surface area contributed by atoms with Gasteiger partial charge in [0.25, 0.3) is 5.91 Å². The zero-order valence-corrected chi connectivity index (χ0v) is 13.3. The molecule has 1 aromatic carbocycles. The first-order valence-corrected chi connectivity index (χ1v) is 7.13. The molecule has 0 radical (unpaired) electrons. The summed E-state index contributed by atoms with van der Waals surface area (Å²) in [6.45, 7) is 1.70. The molecule has 7 heteroatoms. The lowest BCUT2D eigenvalue weighted by Gasteiger charge is -2.11. The maximum atomic E-state index is 11.9. The molecule has 0 atom stereocenters. The Hall–Kier alpha value is -3.22. The number of hydrogen-bond donors (Lipinski definition) is 1. The van der Waals surface area contributed by atoms with Gasteiger partial charge >= 0.3 is 0 Å². The highest BCUT2D eigenvalue weighted by molar-refractivity contribution is 6.01. The second-order valence-electron chi connectivity index (χ2n) is 4.96. The van der Waals surface area contributed by atoms with E-state index >= 15 is 0 Å². The molecule has 0 saturated carbocycles. The number of nitrogens with one attached hydrogen (secondary N) is 1. The number of nitrogens with zero attached hydrogens (tertiary/aromatic N) is 2. The quantitative estimate of drug-likeness (QED) is 0.616. The average molecular weight is 326 g/mol. The van der Waals surface area contributed by atoms with Crippen molar-refractivity contribution in [3.8, 4) is 5.75 Å². The Morgan fingerprint density at radius 3 is 2.71 bits per heavy atom. The van der Waals surface area contributed by atoms with E-state index < -0.39 is 5.97 Å². The van der Waals surface area contributed by atoms with Crippen LogP contribution >= 0.6 is 0 Å². The van der Waals surface area contributed by atoms with Gasteiger partial charge in [0.15, 0.2) is 0 Å². The summed E-state index contributed by atoms with van der Waals surface area (Å²) in [4.78, 5) is 26.6. The summed E-state index contributed by atoms with van der Waals surface area (Å²) in [6, 6.07) is 8.30. The maximum Gasteiger partial charge on any atom is 0.272 e. The lowest BCUT2D eigenvalue weighted by atomic mass is 10.0. The average Bonchev–Trinajstić information content (AvgIpc) is 2.59. The topological polar surface area (TPSA) is 104 Å². The van der Waals surface area contributed by atoms with E-state index in [2.05, 4.69) is 15.5 Å². The van der Waals surface area contributed by atoms with E-state index in [9.17, 15) is 14.7 Å². The van der Waals surface area contributed by atoms with E-state index in [1.165, 1.54) is 13.3 Å². The number of carboxylic acids is 1. The van der Waals surface area contributed by atoms with Crippen LogP contribution in [0.4, 0.5) is 0 Å². The van der Waals surface area contributed by atoms with Crippen LogP contribution in [0.5, 0.6) is 5.75 Å². The highest BCUT2D eigenvalue weighted by atomic mass is 16.5. The monoisotopic (exact) mass is 326 g/mol. The molecule has 0 spiro atoms. The van der Waals surface area contributed by atoms with Crippen LogP contribution < -0.4 is 15.3 Å². The normalized spacial score (nSPS) is 11.0. The number of carboxylic acid groups (broad SMARTS) is 1. The van der Waals surface area contributed by atoms with Crippen molar-refractivity contribution in [2.24, 2.45) is 5.10 Å². The van der Waals surface area contributed by atoms with Crippen LogP contribution in [0, 0.1) is 0 Å². The summed E-state index contributed by atoms with van der Waals surface area (Å²) < 4.78 is 5.13. The van der Waals surface area contributed by atoms with Gasteiger partial charge in [0, 0.05) is 30.3 Å². The second kappa shape index (κ2) is 7.87. The second-order valence-corrected chi connectivity index (χ2v) is 4.96. The smallest absolute Gasteiger partial charge is 0.272 e. The molecule has 2 rings (SSSR count). The maximum absolute atomic E-state index is 11.9. The van der Waals surface area contributed by atoms with Gasteiger partial charge in [0.05, 0.1) is 18.4 Å². The number of hydrazone groups is 1. The largest absolute Gasteiger partial charge is 0.550 e. The van der Waals surface area contributed by atoms with Gasteiger partial charge in [0.1, 0.15) is 5.75 Å². The summed E-state index contributed by atoms with van der Waals surface area (Å²) in [6.07, 6.45) is 2.74. The minimum absolute atomic E-state index is 0.271. The molecule has 0 unspecified atom stereocenters. The number of carbonyl (C=O) groups is 2. The van der Waals surface area contributed by atoms with E-state index in [4.69, 9.17) is 4.74 Å². The molecule has 0 bridgehead atoms. The molecule has 24 heavy (non-hydrogen) atoms. The number of aromatic nitrogens is 1. The first-order valence-electron chi connectivity index (χ1n) is 7.13. The van der Waals surface area contributed by atoms with Crippen molar-refractivity contribution in [3.63, 3.8) is 0 Å². The molecule has 1 aromatic heterocycles. The van der Waals surface area contributed by atoms with Crippen LogP contribution in [0.15, 0.2) is 47.8 Å². The molecule has 0 fully saturated rings. The number of methoxy groups -OCH3 is 1. The molecule has 1 heterocycles. The predicted octanol–water partition coefficient (Wildman–Crippen LogP) is 0.537. The minimum atomic E-state index is -1.20. The third kappa shape index (κ3) is 4.39. The number of ether oxygens (including phenoxy) is 1. The third-order valence-corrected chi connectivity index (χ3v) is 3.28. The molecule has 1 amide bonds. The Kier molecular flexibility index (Phi) is 5.62. The summed E-state index contributed by atoms with van der Waals surface area (Å²) in [7, 11) is 1.46. The molecule has 2 aromatic rings. The molecule has 124 valence electrons. The SMILES string of the molecule is COc1ccc(/C(C)=N\NC(=O)c2cccnc2)cc1CC(=O)[O-]. The third-order valence-electron chi connectivity index (χ3n) is 3.28. The lowest BCUT2D eigenvalue weighted by Crippen LogP contribution is -2.24. The fourth-order valence-corrected chi connectivity index (χ4v) is 2.06. The number of pyridine rings is 1. The number of aliphatic carboxylic acids is 1. The molecule has 0 saturated heterocycles. The van der Waals surface area contributed by atoms with Crippen LogP contribution in [0.2, 0.25) is 0 Å². The van der Waals surface area contributed by atoms with Crippen LogP contribution in [0.3, 0.4) is 0 Å². The predicted molar refractivity (Wildman–Crippen MR) is 85.6 cm³/mol. The molecular formula is C17H16N3O4-. The van der Waals surface area contributed by atoms with Crippen molar-refractivity contribution in [2.45, 2.75) is 13.3 Å². The van der Waals surface area contributed by atoms with Crippen LogP contribution in [-0.2, 0) is 11.2 Å². The summed E-state index contributed by atoms with van der Waals surface area (Å²) in [5.74, 6) is -1.13. The van der Waals surface area contributed by atoms with Gasteiger partial charge < -0.3 is 14.6 Å². The van der Waals surface area contributed by atoms with Gasteiger partial charge in [0.2, 0.25) is 0 Å². The van der Waals surface area contributed by atoms with E-state index in [-0.39, 0.29) is 12.3 Å². The first kappa shape index (κ1) is 17.1. The van der Waals surface area contributed by atoms with Crippen molar-refractivity contribution < 1.29 is 19.4 Å². The van der Waals surface area contributed by atoms with Crippen LogP contribution in [0.1, 0.15) is 28.4 Å². The molecule has 0 aliphatic carbocycles. The zero-order chi connectivity index (χ0) is 17.5. The van der Waals surface area contributed by atoms with E-state index in [0.29, 0.717) is 28.2 Å². The van der Waals surface area contributed by atoms with E-state index in [1.54, 1.807) is 43.5 Å². The molecule has 0 aliphatic rings. The number of amides is 1. The molecule has 7 nitrogen and oxygen atoms in total. The fourth-order valence-electron chi connectivity index (χ4n) is 2.06. The summed E-state index contributed by atoms with van der Waals surface area (Å²) >= 11 is 0. The van der Waals surface area contributed by atoms with E-state index in [1.807, 2.05) is 0 Å². The van der Waals surface area contributed by atoms with Crippen molar-refractivity contribution in [3.05, 3.63) is 59.4 Å². The molecule has 1 N–H and O–H groups in total. The van der Waals surface area contributed by atoms with E-state index in [0.717, 1.165) is 0 Å². The van der Waals surface area contributed by atoms with Gasteiger partial charge in [-0.1, -0.05) is 0 Å². The first-order chi connectivity index (χ1) is 11.5. The van der Waals surface area contributed by atoms with Gasteiger partial charge in [-0.25, -0.2) is 5.43 Å². The number of carbonyl (C=O) groups excluding carboxylic acids is 2. The van der Waals surface area contributed by atoms with Gasteiger partial charge in [-0.3, -0.25) is 9.78 Å². The summed E-state index contributed by atoms with van der Waals surface area (Å²) in [5.41, 5.74) is 4.49. The Morgan fingerprint density at radius 1 is 1.29 bits per heavy atom. The van der Waals surface area contributed by atoms with Crippen molar-refractivity contribution in [1.82, 2.24) is 10.4 Å². The highest BCUT2D eigenvalue weighted by Crippen LogP contribution is 2.20. The standard InChI is InChI=1S/C17H17N3O4/c1-11(19-20-17(23)13-4-3-7-18-10-13)12-5-6-15(24-2)14(8-12)9-16(21)22/h3-8,10H,9H2,1-2H3,(H,20,23)(H,21,22)/p-1/b19-11-. The Bertz CT molecular complexity index is 773. The highest BCUT2D eigenvalue weighted by Gasteiger charge is 2.08. The summed E-state index contributed by atoms with van der Waals surface area (Å²) in [5, 5.41) is 14.9. The van der Waals surface area contributed by atoms with Gasteiger partial charge in [-0.2, -0.15) is 5.10 Å². The van der Waals surface area contributed by atoms with Crippen LogP contribution in [0.25, 0.3) is 0 Å². The Balaban J connectivity index is 2.18. The minimum Gasteiger partial charge on any atom is -0.550 e. The fraction of sp³-hybridized carbons (Fsp3) is 0.176. The lowest BCUT2D eigenvalue weighted by molar-refractivity contribution is -0.304. The van der Waals surface area contributed by atoms with Gasteiger partial charge in [-0.15, -0.1) is 0 Å². The number of rotatable bonds is 6. The van der Waals surface area contributed by atoms with Crippen molar-refractivity contribution >= 4 is 17.6 Å².